The predicted octanol–water partition coefficient (Wildman–Crippen LogP) is 5.72. The summed E-state index contributed by atoms with van der Waals surface area (Å²) in [4.78, 5) is 26.4. The zero-order chi connectivity index (χ0) is 25.2. The summed E-state index contributed by atoms with van der Waals surface area (Å²) >= 11 is 1.65. The topological polar surface area (TPSA) is 98.7 Å². The third-order valence-electron chi connectivity index (χ3n) is 6.11. The Kier molecular flexibility index (Phi) is 5.92. The number of nitrogen functional groups attached to an aromatic ring is 1. The fourth-order valence-corrected chi connectivity index (χ4v) is 4.89. The Morgan fingerprint density at radius 1 is 0.946 bits per heavy atom. The third-order valence-corrected chi connectivity index (χ3v) is 6.80. The smallest absolute Gasteiger partial charge is 0.251 e. The zero-order valence-electron chi connectivity index (χ0n) is 19.7. The number of rotatable bonds is 6. The Morgan fingerprint density at radius 3 is 2.54 bits per heavy atom. The molecule has 180 valence electrons. The van der Waals surface area contributed by atoms with Crippen LogP contribution in [-0.2, 0) is 6.54 Å². The van der Waals surface area contributed by atoms with Gasteiger partial charge in [0.05, 0.1) is 5.56 Å². The minimum absolute atomic E-state index is 0.106. The summed E-state index contributed by atoms with van der Waals surface area (Å²) in [6.45, 7) is 0.420. The van der Waals surface area contributed by atoms with E-state index in [-0.39, 0.29) is 5.91 Å². The van der Waals surface area contributed by atoms with Crippen LogP contribution < -0.4 is 11.1 Å². The standard InChI is InChI=1S/C29H22N6OS/c30-26-24(7-4-13-31-26)27-34-25-15-22(21-12-14-37-18-21)17-32-28(25)35(27)23-10-8-19(9-11-23)16-33-29(36)20-5-2-1-3-6-20/h1-15,17-18H,16H2,(H2,30,31)(H,33,36). The van der Waals surface area contributed by atoms with Gasteiger partial charge in [-0.3, -0.25) is 9.36 Å². The number of fused-ring (bicyclic) bond motifs is 1. The van der Waals surface area contributed by atoms with Crippen molar-refractivity contribution in [3.8, 4) is 28.2 Å². The summed E-state index contributed by atoms with van der Waals surface area (Å²) in [7, 11) is 0. The van der Waals surface area contributed by atoms with Gasteiger partial charge in [0, 0.05) is 35.8 Å². The molecule has 2 aromatic carbocycles. The van der Waals surface area contributed by atoms with E-state index in [1.165, 1.54) is 0 Å². The number of hydrogen-bond acceptors (Lipinski definition) is 6. The molecule has 4 heterocycles. The van der Waals surface area contributed by atoms with Gasteiger partial charge in [0.15, 0.2) is 11.5 Å². The Hall–Kier alpha value is -4.82. The molecule has 0 bridgehead atoms. The maximum absolute atomic E-state index is 12.4. The number of nitrogens with zero attached hydrogens (tertiary/aromatic N) is 4. The van der Waals surface area contributed by atoms with Crippen LogP contribution in [0.4, 0.5) is 5.82 Å². The first-order chi connectivity index (χ1) is 18.2. The van der Waals surface area contributed by atoms with Crippen molar-refractivity contribution in [3.63, 3.8) is 0 Å². The maximum Gasteiger partial charge on any atom is 0.251 e. The van der Waals surface area contributed by atoms with Crippen LogP contribution in [0.15, 0.2) is 102 Å². The van der Waals surface area contributed by atoms with Crippen LogP contribution in [0.2, 0.25) is 0 Å². The lowest BCUT2D eigenvalue weighted by molar-refractivity contribution is 0.0951. The van der Waals surface area contributed by atoms with Gasteiger partial charge in [-0.05, 0) is 70.4 Å². The van der Waals surface area contributed by atoms with Crippen molar-refractivity contribution in [1.82, 2.24) is 24.8 Å². The van der Waals surface area contributed by atoms with Gasteiger partial charge in [-0.2, -0.15) is 11.3 Å². The normalized spacial score (nSPS) is 11.0. The first-order valence-corrected chi connectivity index (χ1v) is 12.7. The second-order valence-electron chi connectivity index (χ2n) is 8.50. The maximum atomic E-state index is 12.4. The van der Waals surface area contributed by atoms with Gasteiger partial charge in [-0.25, -0.2) is 15.0 Å². The molecule has 0 spiro atoms. The number of carbonyl (C=O) groups is 1. The molecule has 4 aromatic heterocycles. The summed E-state index contributed by atoms with van der Waals surface area (Å²) < 4.78 is 1.99. The highest BCUT2D eigenvalue weighted by Gasteiger charge is 2.18. The molecule has 0 radical (unpaired) electrons. The summed E-state index contributed by atoms with van der Waals surface area (Å²) in [6.07, 6.45) is 3.53. The number of imidazole rings is 1. The molecule has 8 heteroatoms. The quantitative estimate of drug-likeness (QED) is 0.303. The number of nitrogens with one attached hydrogen (secondary N) is 1. The van der Waals surface area contributed by atoms with Gasteiger partial charge in [-0.15, -0.1) is 0 Å². The number of carbonyl (C=O) groups excluding carboxylic acids is 1. The second kappa shape index (κ2) is 9.67. The molecule has 37 heavy (non-hydrogen) atoms. The number of anilines is 1. The number of nitrogens with two attached hydrogens (primary N) is 1. The summed E-state index contributed by atoms with van der Waals surface area (Å²) in [5.41, 5.74) is 13.1. The van der Waals surface area contributed by atoms with E-state index in [0.717, 1.165) is 39.1 Å². The van der Waals surface area contributed by atoms with Crippen molar-refractivity contribution in [2.75, 3.05) is 5.73 Å². The van der Waals surface area contributed by atoms with E-state index in [1.54, 1.807) is 29.7 Å². The summed E-state index contributed by atoms with van der Waals surface area (Å²) in [5, 5.41) is 7.11. The van der Waals surface area contributed by atoms with E-state index in [4.69, 9.17) is 15.7 Å². The number of benzene rings is 2. The second-order valence-corrected chi connectivity index (χ2v) is 9.28. The van der Waals surface area contributed by atoms with Gasteiger partial charge in [-0.1, -0.05) is 30.3 Å². The first kappa shape index (κ1) is 22.6. The molecule has 6 rings (SSSR count). The van der Waals surface area contributed by atoms with Crippen molar-refractivity contribution in [2.24, 2.45) is 0 Å². The number of hydrogen-bond donors (Lipinski definition) is 2. The van der Waals surface area contributed by atoms with E-state index in [2.05, 4.69) is 21.7 Å². The molecule has 0 saturated carbocycles. The molecule has 1 amide bonds. The average Bonchev–Trinajstić information content (AvgIpc) is 3.61. The van der Waals surface area contributed by atoms with Crippen LogP contribution in [0.1, 0.15) is 15.9 Å². The predicted molar refractivity (Wildman–Crippen MR) is 147 cm³/mol. The highest BCUT2D eigenvalue weighted by atomic mass is 32.1. The molecule has 3 N–H and O–H groups in total. The zero-order valence-corrected chi connectivity index (χ0v) is 20.5. The lowest BCUT2D eigenvalue weighted by Gasteiger charge is -2.11. The molecule has 0 atom stereocenters. The van der Waals surface area contributed by atoms with E-state index in [0.29, 0.717) is 23.8 Å². The van der Waals surface area contributed by atoms with Gasteiger partial charge in [0.2, 0.25) is 0 Å². The number of aromatic nitrogens is 4. The van der Waals surface area contributed by atoms with Crippen LogP contribution in [0.25, 0.3) is 39.4 Å². The average molecular weight is 503 g/mol. The first-order valence-electron chi connectivity index (χ1n) is 11.7. The van der Waals surface area contributed by atoms with Crippen LogP contribution >= 0.6 is 11.3 Å². The molecule has 0 aliphatic heterocycles. The molecule has 7 nitrogen and oxygen atoms in total. The molecule has 0 aliphatic carbocycles. The Labute approximate surface area is 217 Å². The lowest BCUT2D eigenvalue weighted by atomic mass is 10.1. The van der Waals surface area contributed by atoms with E-state index in [1.807, 2.05) is 76.8 Å². The lowest BCUT2D eigenvalue weighted by Crippen LogP contribution is -2.22. The van der Waals surface area contributed by atoms with Crippen LogP contribution in [0.5, 0.6) is 0 Å². The van der Waals surface area contributed by atoms with Crippen molar-refractivity contribution < 1.29 is 4.79 Å². The van der Waals surface area contributed by atoms with Crippen molar-refractivity contribution in [2.45, 2.75) is 6.54 Å². The Morgan fingerprint density at radius 2 is 1.78 bits per heavy atom. The summed E-state index contributed by atoms with van der Waals surface area (Å²) in [6, 6.07) is 25.0. The molecular weight excluding hydrogens is 480 g/mol. The highest BCUT2D eigenvalue weighted by molar-refractivity contribution is 7.08. The number of pyridine rings is 2. The van der Waals surface area contributed by atoms with Gasteiger partial charge in [0.25, 0.3) is 5.91 Å². The highest BCUT2D eigenvalue weighted by Crippen LogP contribution is 2.32. The van der Waals surface area contributed by atoms with Gasteiger partial charge < -0.3 is 11.1 Å². The molecule has 0 unspecified atom stereocenters. The SMILES string of the molecule is Nc1ncccc1-c1nc2cc(-c3ccsc3)cnc2n1-c1ccc(CNC(=O)c2ccccc2)cc1. The van der Waals surface area contributed by atoms with Crippen LogP contribution in [0.3, 0.4) is 0 Å². The van der Waals surface area contributed by atoms with E-state index >= 15 is 0 Å². The third kappa shape index (κ3) is 4.46. The molecule has 0 fully saturated rings. The van der Waals surface area contributed by atoms with E-state index in [9.17, 15) is 4.79 Å². The largest absolute Gasteiger partial charge is 0.383 e. The van der Waals surface area contributed by atoms with Crippen molar-refractivity contribution >= 4 is 34.2 Å². The Balaban J connectivity index is 1.37. The molecule has 6 aromatic rings. The number of amides is 1. The van der Waals surface area contributed by atoms with Crippen LogP contribution in [0, 0.1) is 0 Å². The minimum Gasteiger partial charge on any atom is -0.383 e. The molecule has 0 aliphatic rings. The van der Waals surface area contributed by atoms with Gasteiger partial charge >= 0.3 is 0 Å². The fourth-order valence-electron chi connectivity index (χ4n) is 4.22. The minimum atomic E-state index is -0.106. The molecule has 0 saturated heterocycles. The van der Waals surface area contributed by atoms with E-state index < -0.39 is 0 Å². The summed E-state index contributed by atoms with van der Waals surface area (Å²) in [5.74, 6) is 0.961. The van der Waals surface area contributed by atoms with Crippen molar-refractivity contribution in [3.05, 3.63) is 113 Å². The fraction of sp³-hybridized carbons (Fsp3) is 0.0345. The van der Waals surface area contributed by atoms with Gasteiger partial charge in [0.1, 0.15) is 11.3 Å². The van der Waals surface area contributed by atoms with Crippen molar-refractivity contribution in [1.29, 1.82) is 0 Å². The van der Waals surface area contributed by atoms with Crippen LogP contribution in [-0.4, -0.2) is 25.4 Å². The molecular formula is C29H22N6OS. The number of thiophene rings is 1. The Bertz CT molecular complexity index is 1690. The monoisotopic (exact) mass is 502 g/mol.